The number of carboxylic acids is 1. The number of carbonyl (C=O) groups excluding carboxylic acids is 1. The molecule has 0 radical (unpaired) electrons. The van der Waals surface area contributed by atoms with Gasteiger partial charge in [-0.2, -0.15) is 0 Å². The molecule has 1 fully saturated rings. The Bertz CT molecular complexity index is 392. The van der Waals surface area contributed by atoms with Crippen LogP contribution in [0.4, 0.5) is 0 Å². The third-order valence-corrected chi connectivity index (χ3v) is 2.40. The summed E-state index contributed by atoms with van der Waals surface area (Å²) in [5.74, 6) is 0.294. The van der Waals surface area contributed by atoms with Crippen LogP contribution >= 0.6 is 0 Å². The average molecular weight is 236 g/mol. The Balaban J connectivity index is 0.000000239. The number of Topliss-reactive ketones (excluding diaryl/α,β-unsaturated/α-hetero) is 1. The molecule has 0 amide bonds. The number of benzene rings is 1. The van der Waals surface area contributed by atoms with Gasteiger partial charge in [0.25, 0.3) is 0 Å². The van der Waals surface area contributed by atoms with Crippen molar-refractivity contribution in [2.45, 2.75) is 25.7 Å². The molecule has 17 heavy (non-hydrogen) atoms. The molecule has 2 rings (SSSR count). The molecular weight excluding hydrogens is 220 g/mol. The molecule has 0 aromatic heterocycles. The first-order valence-electron chi connectivity index (χ1n) is 5.48. The van der Waals surface area contributed by atoms with E-state index in [1.807, 2.05) is 0 Å². The molecule has 1 aromatic carbocycles. The summed E-state index contributed by atoms with van der Waals surface area (Å²) in [5.41, 5.74) is 0.752. The van der Waals surface area contributed by atoms with Crippen molar-refractivity contribution in [3.8, 4) is 5.75 Å². The fourth-order valence-electron chi connectivity index (χ4n) is 1.28. The number of ether oxygens (including phenoxy) is 1. The van der Waals surface area contributed by atoms with E-state index in [0.29, 0.717) is 11.5 Å². The number of ketones is 1. The molecule has 0 saturated heterocycles. The zero-order valence-electron chi connectivity index (χ0n) is 9.81. The van der Waals surface area contributed by atoms with Crippen molar-refractivity contribution in [2.24, 2.45) is 0 Å². The third-order valence-electron chi connectivity index (χ3n) is 2.40. The molecule has 4 heteroatoms. The summed E-state index contributed by atoms with van der Waals surface area (Å²) in [6.45, 7) is 0. The van der Waals surface area contributed by atoms with Gasteiger partial charge in [0.15, 0.2) is 0 Å². The van der Waals surface area contributed by atoms with E-state index in [2.05, 4.69) is 0 Å². The number of methoxy groups -OCH3 is 1. The summed E-state index contributed by atoms with van der Waals surface area (Å²) >= 11 is 0. The Morgan fingerprint density at radius 3 is 2.47 bits per heavy atom. The maximum Gasteiger partial charge on any atom is 0.307 e. The summed E-state index contributed by atoms with van der Waals surface area (Å²) in [7, 11) is 1.56. The van der Waals surface area contributed by atoms with Gasteiger partial charge in [-0.1, -0.05) is 12.1 Å². The van der Waals surface area contributed by atoms with E-state index in [1.54, 1.807) is 31.4 Å². The van der Waals surface area contributed by atoms with Gasteiger partial charge in [0, 0.05) is 12.8 Å². The van der Waals surface area contributed by atoms with Crippen molar-refractivity contribution in [3.63, 3.8) is 0 Å². The number of rotatable bonds is 3. The quantitative estimate of drug-likeness (QED) is 0.872. The molecule has 1 N–H and O–H groups in total. The summed E-state index contributed by atoms with van der Waals surface area (Å²) in [4.78, 5) is 20.2. The average Bonchev–Trinajstić information content (AvgIpc) is 2.26. The highest BCUT2D eigenvalue weighted by atomic mass is 16.5. The topological polar surface area (TPSA) is 63.6 Å². The van der Waals surface area contributed by atoms with E-state index >= 15 is 0 Å². The highest BCUT2D eigenvalue weighted by Gasteiger charge is 2.09. The first-order valence-corrected chi connectivity index (χ1v) is 5.48. The Kier molecular flexibility index (Phi) is 5.20. The summed E-state index contributed by atoms with van der Waals surface area (Å²) in [6, 6.07) is 7.03. The van der Waals surface area contributed by atoms with Gasteiger partial charge in [-0.3, -0.25) is 9.59 Å². The van der Waals surface area contributed by atoms with Gasteiger partial charge in [-0.25, -0.2) is 0 Å². The van der Waals surface area contributed by atoms with E-state index in [0.717, 1.165) is 24.8 Å². The molecule has 0 heterocycles. The van der Waals surface area contributed by atoms with E-state index in [4.69, 9.17) is 9.84 Å². The van der Waals surface area contributed by atoms with Crippen LogP contribution < -0.4 is 4.74 Å². The molecule has 0 unspecified atom stereocenters. The molecule has 1 aliphatic rings. The van der Waals surface area contributed by atoms with Gasteiger partial charge in [0.1, 0.15) is 11.5 Å². The van der Waals surface area contributed by atoms with Crippen LogP contribution in [-0.2, 0) is 16.0 Å². The highest BCUT2D eigenvalue weighted by Crippen LogP contribution is 2.12. The van der Waals surface area contributed by atoms with Gasteiger partial charge in [-0.05, 0) is 24.1 Å². The minimum atomic E-state index is -0.830. The Morgan fingerprint density at radius 2 is 2.06 bits per heavy atom. The molecule has 1 aliphatic carbocycles. The zero-order valence-corrected chi connectivity index (χ0v) is 9.81. The van der Waals surface area contributed by atoms with Crippen molar-refractivity contribution in [1.82, 2.24) is 0 Å². The number of aliphatic carboxylic acids is 1. The molecule has 1 aromatic rings. The molecule has 0 aliphatic heterocycles. The van der Waals surface area contributed by atoms with Gasteiger partial charge in [-0.15, -0.1) is 0 Å². The van der Waals surface area contributed by atoms with E-state index in [9.17, 15) is 9.59 Å². The molecule has 1 saturated carbocycles. The van der Waals surface area contributed by atoms with E-state index in [1.165, 1.54) is 0 Å². The smallest absolute Gasteiger partial charge is 0.307 e. The fraction of sp³-hybridized carbons (Fsp3) is 0.385. The van der Waals surface area contributed by atoms with Crippen molar-refractivity contribution in [1.29, 1.82) is 0 Å². The molecule has 0 atom stereocenters. The molecule has 0 spiro atoms. The minimum absolute atomic E-state index is 0.0389. The van der Waals surface area contributed by atoms with Crippen LogP contribution in [0, 0.1) is 0 Å². The Morgan fingerprint density at radius 1 is 1.41 bits per heavy atom. The number of hydrogen-bond donors (Lipinski definition) is 1. The van der Waals surface area contributed by atoms with Crippen molar-refractivity contribution in [2.75, 3.05) is 7.11 Å². The molecule has 92 valence electrons. The van der Waals surface area contributed by atoms with Crippen LogP contribution in [-0.4, -0.2) is 24.0 Å². The molecule has 0 bridgehead atoms. The largest absolute Gasteiger partial charge is 0.497 e. The maximum atomic E-state index is 10.3. The normalized spacial score (nSPS) is 13.1. The lowest BCUT2D eigenvalue weighted by molar-refractivity contribution is -0.136. The first kappa shape index (κ1) is 13.2. The summed E-state index contributed by atoms with van der Waals surface area (Å²) < 4.78 is 4.94. The SMILES string of the molecule is COc1cccc(CC(=O)O)c1.O=C1CCC1. The first-order chi connectivity index (χ1) is 8.11. The van der Waals surface area contributed by atoms with Crippen molar-refractivity contribution >= 4 is 11.8 Å². The van der Waals surface area contributed by atoms with Gasteiger partial charge in [0.2, 0.25) is 0 Å². The third kappa shape index (κ3) is 5.15. The lowest BCUT2D eigenvalue weighted by Gasteiger charge is -2.05. The van der Waals surface area contributed by atoms with Crippen LogP contribution in [0.3, 0.4) is 0 Å². The van der Waals surface area contributed by atoms with Crippen LogP contribution in [0.2, 0.25) is 0 Å². The summed E-state index contributed by atoms with van der Waals surface area (Å²) in [6.07, 6.45) is 2.87. The second-order valence-electron chi connectivity index (χ2n) is 3.81. The van der Waals surface area contributed by atoms with Crippen LogP contribution in [0.15, 0.2) is 24.3 Å². The van der Waals surface area contributed by atoms with Gasteiger partial charge in [0.05, 0.1) is 13.5 Å². The lowest BCUT2D eigenvalue weighted by Crippen LogP contribution is -2.07. The number of carbonyl (C=O) groups is 2. The lowest BCUT2D eigenvalue weighted by atomic mass is 9.99. The number of carboxylic acid groups (broad SMARTS) is 1. The second-order valence-corrected chi connectivity index (χ2v) is 3.81. The van der Waals surface area contributed by atoms with Crippen molar-refractivity contribution in [3.05, 3.63) is 29.8 Å². The second kappa shape index (κ2) is 6.68. The fourth-order valence-corrected chi connectivity index (χ4v) is 1.28. The Labute approximate surface area is 100 Å². The zero-order chi connectivity index (χ0) is 12.7. The minimum Gasteiger partial charge on any atom is -0.497 e. The van der Waals surface area contributed by atoms with Crippen molar-refractivity contribution < 1.29 is 19.4 Å². The van der Waals surface area contributed by atoms with Crippen LogP contribution in [0.25, 0.3) is 0 Å². The number of hydrogen-bond acceptors (Lipinski definition) is 3. The van der Waals surface area contributed by atoms with Crippen LogP contribution in [0.1, 0.15) is 24.8 Å². The molecule has 4 nitrogen and oxygen atoms in total. The standard InChI is InChI=1S/C9H10O3.C4H6O/c1-12-8-4-2-3-7(5-8)6-9(10)11;5-4-2-1-3-4/h2-5H,6H2,1H3,(H,10,11);1-3H2. The maximum absolute atomic E-state index is 10.3. The van der Waals surface area contributed by atoms with Gasteiger partial charge < -0.3 is 9.84 Å². The summed E-state index contributed by atoms with van der Waals surface area (Å²) in [5, 5.41) is 8.49. The predicted octanol–water partition coefficient (Wildman–Crippen LogP) is 2.06. The highest BCUT2D eigenvalue weighted by molar-refractivity contribution is 5.83. The van der Waals surface area contributed by atoms with Crippen LogP contribution in [0.5, 0.6) is 5.75 Å². The van der Waals surface area contributed by atoms with E-state index in [-0.39, 0.29) is 6.42 Å². The molecular formula is C13H16O4. The monoisotopic (exact) mass is 236 g/mol. The predicted molar refractivity (Wildman–Crippen MR) is 63.2 cm³/mol. The van der Waals surface area contributed by atoms with E-state index < -0.39 is 5.97 Å². The Hall–Kier alpha value is -1.84. The van der Waals surface area contributed by atoms with Gasteiger partial charge >= 0.3 is 5.97 Å².